The molecule has 0 bridgehead atoms. The number of carbonyl (C=O) groups is 2. The van der Waals surface area contributed by atoms with Crippen LogP contribution in [0.15, 0.2) is 60.8 Å². The van der Waals surface area contributed by atoms with Gasteiger partial charge in [0.2, 0.25) is 0 Å². The molecule has 0 radical (unpaired) electrons. The normalized spacial score (nSPS) is 12.9. The third-order valence-electron chi connectivity index (χ3n) is 7.30. The largest absolute Gasteiger partial charge is 0.462 e. The second kappa shape index (κ2) is 35.1. The number of carbonyl (C=O) groups excluding carboxylic acids is 2. The van der Waals surface area contributed by atoms with Crippen molar-refractivity contribution in [1.29, 1.82) is 0 Å². The van der Waals surface area contributed by atoms with Crippen LogP contribution >= 0.6 is 0 Å². The summed E-state index contributed by atoms with van der Waals surface area (Å²) in [4.78, 5) is 24.2. The maximum Gasteiger partial charge on any atom is 0.306 e. The van der Waals surface area contributed by atoms with Crippen LogP contribution in [-0.2, 0) is 19.1 Å². The Balaban J connectivity index is 3.65. The molecule has 0 aliphatic carbocycles. The Hall–Kier alpha value is -2.40. The van der Waals surface area contributed by atoms with Gasteiger partial charge in [-0.05, 0) is 77.0 Å². The van der Waals surface area contributed by atoms with Crippen LogP contribution in [0.3, 0.4) is 0 Å². The zero-order valence-corrected chi connectivity index (χ0v) is 28.4. The molecule has 0 saturated heterocycles. The van der Waals surface area contributed by atoms with Gasteiger partial charge in [0.15, 0.2) is 6.10 Å². The van der Waals surface area contributed by atoms with Crippen LogP contribution in [0.25, 0.3) is 0 Å². The highest BCUT2D eigenvalue weighted by Gasteiger charge is 2.16. The van der Waals surface area contributed by atoms with Crippen molar-refractivity contribution in [2.75, 3.05) is 13.2 Å². The number of aliphatic hydroxyl groups is 1. The fraction of sp³-hybridized carbons (Fsp3) is 0.692. The SMILES string of the molecule is CCC=CCC=CCC=CCCCCCCCC(=O)OC(CO)COC(=O)CCCCCCCC=CCC=CCCCCC. The molecule has 1 atom stereocenters. The summed E-state index contributed by atoms with van der Waals surface area (Å²) >= 11 is 0. The number of aliphatic hydroxyl groups excluding tert-OH is 1. The summed E-state index contributed by atoms with van der Waals surface area (Å²) in [7, 11) is 0. The second-order valence-corrected chi connectivity index (χ2v) is 11.6. The summed E-state index contributed by atoms with van der Waals surface area (Å²) in [5.41, 5.74) is 0. The van der Waals surface area contributed by atoms with E-state index in [9.17, 15) is 14.7 Å². The Morgan fingerprint density at radius 3 is 1.48 bits per heavy atom. The molecule has 0 saturated carbocycles. The third-order valence-corrected chi connectivity index (χ3v) is 7.30. The first-order chi connectivity index (χ1) is 21.6. The lowest BCUT2D eigenvalue weighted by molar-refractivity contribution is -0.161. The smallest absolute Gasteiger partial charge is 0.306 e. The molecule has 0 spiro atoms. The van der Waals surface area contributed by atoms with Crippen molar-refractivity contribution in [3.63, 3.8) is 0 Å². The van der Waals surface area contributed by atoms with E-state index < -0.39 is 6.10 Å². The molecule has 0 aromatic rings. The van der Waals surface area contributed by atoms with Gasteiger partial charge >= 0.3 is 11.9 Å². The second-order valence-electron chi connectivity index (χ2n) is 11.6. The zero-order chi connectivity index (χ0) is 32.2. The first-order valence-electron chi connectivity index (χ1n) is 17.8. The number of ether oxygens (including phenoxy) is 2. The van der Waals surface area contributed by atoms with Gasteiger partial charge < -0.3 is 14.6 Å². The van der Waals surface area contributed by atoms with E-state index in [0.29, 0.717) is 12.8 Å². The van der Waals surface area contributed by atoms with Crippen LogP contribution in [0.2, 0.25) is 0 Å². The van der Waals surface area contributed by atoms with Crippen LogP contribution in [0.5, 0.6) is 0 Å². The Morgan fingerprint density at radius 1 is 0.545 bits per heavy atom. The van der Waals surface area contributed by atoms with Crippen molar-refractivity contribution in [3.05, 3.63) is 60.8 Å². The minimum Gasteiger partial charge on any atom is -0.462 e. The minimum absolute atomic E-state index is 0.0828. The van der Waals surface area contributed by atoms with Gasteiger partial charge in [0.25, 0.3) is 0 Å². The zero-order valence-electron chi connectivity index (χ0n) is 28.4. The van der Waals surface area contributed by atoms with Crippen LogP contribution in [0, 0.1) is 0 Å². The summed E-state index contributed by atoms with van der Waals surface area (Å²) in [5.74, 6) is -0.633. The van der Waals surface area contributed by atoms with E-state index in [2.05, 4.69) is 74.6 Å². The summed E-state index contributed by atoms with van der Waals surface area (Å²) in [6.45, 7) is 3.95. The fourth-order valence-corrected chi connectivity index (χ4v) is 4.60. The van der Waals surface area contributed by atoms with E-state index in [1.807, 2.05) is 0 Å². The standard InChI is InChI=1S/C39H66O5/c1-3-5-7-9-11-13-15-17-19-21-23-25-27-29-31-33-38(41)43-36-37(35-40)44-39(42)34-32-30-28-26-24-22-20-18-16-14-12-10-8-6-4-2/h6,8,11-14,17-20,37,40H,3-5,7,9-10,15-16,21-36H2,1-2H3. The van der Waals surface area contributed by atoms with E-state index in [0.717, 1.165) is 89.9 Å². The molecule has 0 heterocycles. The van der Waals surface area contributed by atoms with Gasteiger partial charge in [-0.1, -0.05) is 126 Å². The van der Waals surface area contributed by atoms with Crippen molar-refractivity contribution in [3.8, 4) is 0 Å². The molecular weight excluding hydrogens is 548 g/mol. The molecule has 0 fully saturated rings. The van der Waals surface area contributed by atoms with Crippen LogP contribution in [-0.4, -0.2) is 36.4 Å². The van der Waals surface area contributed by atoms with E-state index in [4.69, 9.17) is 9.47 Å². The van der Waals surface area contributed by atoms with Crippen LogP contribution in [0.4, 0.5) is 0 Å². The number of unbranched alkanes of at least 4 members (excludes halogenated alkanes) is 13. The van der Waals surface area contributed by atoms with Crippen molar-refractivity contribution in [1.82, 2.24) is 0 Å². The quantitative estimate of drug-likeness (QED) is 0.0478. The average molecular weight is 615 g/mol. The predicted octanol–water partition coefficient (Wildman–Crippen LogP) is 10.8. The van der Waals surface area contributed by atoms with E-state index in [1.54, 1.807) is 0 Å². The first kappa shape index (κ1) is 41.6. The molecule has 1 N–H and O–H groups in total. The lowest BCUT2D eigenvalue weighted by atomic mass is 10.1. The predicted molar refractivity (Wildman–Crippen MR) is 187 cm³/mol. The van der Waals surface area contributed by atoms with Crippen molar-refractivity contribution in [2.45, 2.75) is 161 Å². The van der Waals surface area contributed by atoms with Gasteiger partial charge in [0.1, 0.15) is 6.61 Å². The van der Waals surface area contributed by atoms with Gasteiger partial charge in [-0.2, -0.15) is 0 Å². The lowest BCUT2D eigenvalue weighted by Gasteiger charge is -2.15. The number of hydrogen-bond acceptors (Lipinski definition) is 5. The monoisotopic (exact) mass is 614 g/mol. The van der Waals surface area contributed by atoms with Crippen LogP contribution in [0.1, 0.15) is 155 Å². The number of esters is 2. The van der Waals surface area contributed by atoms with Crippen LogP contribution < -0.4 is 0 Å². The summed E-state index contributed by atoms with van der Waals surface area (Å²) in [6, 6.07) is 0. The molecule has 0 aromatic heterocycles. The molecule has 0 aliphatic heterocycles. The van der Waals surface area contributed by atoms with Gasteiger partial charge in [-0.25, -0.2) is 0 Å². The number of allylic oxidation sites excluding steroid dienone is 10. The lowest BCUT2D eigenvalue weighted by Crippen LogP contribution is -2.28. The molecule has 0 aliphatic rings. The Bertz CT molecular complexity index is 792. The van der Waals surface area contributed by atoms with Gasteiger partial charge in [0, 0.05) is 12.8 Å². The average Bonchev–Trinajstić information content (AvgIpc) is 3.02. The Labute approximate surface area is 271 Å². The maximum atomic E-state index is 12.1. The van der Waals surface area contributed by atoms with E-state index in [1.165, 1.54) is 38.5 Å². The Kier molecular flexibility index (Phi) is 33.2. The van der Waals surface area contributed by atoms with Gasteiger partial charge in [0.05, 0.1) is 6.61 Å². The van der Waals surface area contributed by atoms with Crippen molar-refractivity contribution < 1.29 is 24.2 Å². The minimum atomic E-state index is -0.787. The van der Waals surface area contributed by atoms with Gasteiger partial charge in [-0.3, -0.25) is 9.59 Å². The van der Waals surface area contributed by atoms with Gasteiger partial charge in [-0.15, -0.1) is 0 Å². The Morgan fingerprint density at radius 2 is 0.977 bits per heavy atom. The summed E-state index contributed by atoms with van der Waals surface area (Å²) in [6.07, 6.45) is 44.1. The highest BCUT2D eigenvalue weighted by atomic mass is 16.6. The highest BCUT2D eigenvalue weighted by molar-refractivity contribution is 5.70. The van der Waals surface area contributed by atoms with Crippen molar-refractivity contribution >= 4 is 11.9 Å². The molecule has 5 nitrogen and oxygen atoms in total. The fourth-order valence-electron chi connectivity index (χ4n) is 4.60. The molecule has 0 rings (SSSR count). The number of hydrogen-bond donors (Lipinski definition) is 1. The van der Waals surface area contributed by atoms with E-state index in [-0.39, 0.29) is 25.2 Å². The summed E-state index contributed by atoms with van der Waals surface area (Å²) < 4.78 is 10.6. The molecule has 44 heavy (non-hydrogen) atoms. The van der Waals surface area contributed by atoms with Crippen molar-refractivity contribution in [2.24, 2.45) is 0 Å². The topological polar surface area (TPSA) is 72.8 Å². The molecule has 5 heteroatoms. The third kappa shape index (κ3) is 32.5. The molecular formula is C39H66O5. The molecule has 1 unspecified atom stereocenters. The molecule has 0 aromatic carbocycles. The summed E-state index contributed by atoms with van der Waals surface area (Å²) in [5, 5.41) is 9.52. The maximum absolute atomic E-state index is 12.1. The number of rotatable bonds is 31. The molecule has 0 amide bonds. The highest BCUT2D eigenvalue weighted by Crippen LogP contribution is 2.11. The van der Waals surface area contributed by atoms with E-state index >= 15 is 0 Å². The first-order valence-corrected chi connectivity index (χ1v) is 17.8. The molecule has 252 valence electrons.